The number of carbonyl (C=O) groups is 2. The van der Waals surface area contributed by atoms with Gasteiger partial charge in [0, 0.05) is 42.5 Å². The minimum atomic E-state index is -0.716. The van der Waals surface area contributed by atoms with E-state index in [0.29, 0.717) is 17.0 Å². The summed E-state index contributed by atoms with van der Waals surface area (Å²) in [6.45, 7) is 3.36. The molecule has 0 radical (unpaired) electrons. The molecular weight excluding hydrogens is 390 g/mol. The van der Waals surface area contributed by atoms with Gasteiger partial charge in [0.05, 0.1) is 13.5 Å². The third kappa shape index (κ3) is 5.49. The maximum absolute atomic E-state index is 12.5. The summed E-state index contributed by atoms with van der Waals surface area (Å²) in [4.78, 5) is 28.9. The minimum Gasteiger partial charge on any atom is -0.467 e. The first-order valence-corrected chi connectivity index (χ1v) is 10.00. The van der Waals surface area contributed by atoms with Gasteiger partial charge in [-0.25, -0.2) is 4.79 Å². The Bertz CT molecular complexity index is 849. The van der Waals surface area contributed by atoms with Crippen molar-refractivity contribution in [2.45, 2.75) is 12.5 Å². The first-order valence-electron chi connectivity index (χ1n) is 9.62. The Hall–Kier alpha value is -2.57. The van der Waals surface area contributed by atoms with Crippen LogP contribution in [0.4, 0.5) is 5.69 Å². The van der Waals surface area contributed by atoms with Crippen molar-refractivity contribution in [3.05, 3.63) is 64.7 Å². The zero-order chi connectivity index (χ0) is 20.8. The van der Waals surface area contributed by atoms with E-state index in [1.54, 1.807) is 12.1 Å². The van der Waals surface area contributed by atoms with Crippen LogP contribution in [0.3, 0.4) is 0 Å². The third-order valence-corrected chi connectivity index (χ3v) is 5.47. The number of hydrogen-bond acceptors (Lipinski definition) is 5. The molecule has 1 unspecified atom stereocenters. The Morgan fingerprint density at radius 2 is 1.72 bits per heavy atom. The number of carbonyl (C=O) groups excluding carboxylic acids is 2. The predicted octanol–water partition coefficient (Wildman–Crippen LogP) is 2.98. The van der Waals surface area contributed by atoms with Gasteiger partial charge in [0.25, 0.3) is 0 Å². The van der Waals surface area contributed by atoms with Crippen molar-refractivity contribution in [1.29, 1.82) is 0 Å². The number of hydrogen-bond donors (Lipinski definition) is 1. The van der Waals surface area contributed by atoms with E-state index in [1.165, 1.54) is 7.11 Å². The highest BCUT2D eigenvalue weighted by Crippen LogP contribution is 2.27. The molecule has 1 saturated heterocycles. The van der Waals surface area contributed by atoms with Crippen LogP contribution in [0.25, 0.3) is 0 Å². The molecule has 1 atom stereocenters. The molecule has 3 rings (SSSR count). The summed E-state index contributed by atoms with van der Waals surface area (Å²) < 4.78 is 4.93. The number of nitrogens with zero attached hydrogens (tertiary/aromatic N) is 2. The van der Waals surface area contributed by atoms with E-state index in [4.69, 9.17) is 16.3 Å². The van der Waals surface area contributed by atoms with Crippen molar-refractivity contribution >= 4 is 29.2 Å². The van der Waals surface area contributed by atoms with Gasteiger partial charge in [0.2, 0.25) is 5.91 Å². The molecule has 0 saturated carbocycles. The lowest BCUT2D eigenvalue weighted by Gasteiger charge is -2.32. The van der Waals surface area contributed by atoms with Gasteiger partial charge >= 0.3 is 5.97 Å². The molecule has 1 N–H and O–H groups in total. The molecule has 2 aromatic carbocycles. The number of piperazine rings is 1. The van der Waals surface area contributed by atoms with Crippen molar-refractivity contribution in [2.75, 3.05) is 45.7 Å². The molecule has 6 nitrogen and oxygen atoms in total. The number of amides is 1. The van der Waals surface area contributed by atoms with Crippen molar-refractivity contribution < 1.29 is 14.3 Å². The first-order chi connectivity index (χ1) is 14.0. The van der Waals surface area contributed by atoms with E-state index in [-0.39, 0.29) is 5.91 Å². The Balaban J connectivity index is 1.66. The van der Waals surface area contributed by atoms with Crippen molar-refractivity contribution in [3.8, 4) is 0 Å². The second-order valence-corrected chi connectivity index (χ2v) is 7.59. The average molecular weight is 416 g/mol. The highest BCUT2D eigenvalue weighted by molar-refractivity contribution is 6.31. The largest absolute Gasteiger partial charge is 0.467 e. The van der Waals surface area contributed by atoms with Gasteiger partial charge in [0.1, 0.15) is 0 Å². The fraction of sp³-hybridized carbons (Fsp3) is 0.364. The smallest absolute Gasteiger partial charge is 0.333 e. The van der Waals surface area contributed by atoms with Crippen LogP contribution in [0.15, 0.2) is 48.5 Å². The summed E-state index contributed by atoms with van der Waals surface area (Å²) >= 11 is 6.26. The van der Waals surface area contributed by atoms with Crippen LogP contribution in [0.5, 0.6) is 0 Å². The number of rotatable bonds is 6. The molecule has 0 aromatic heterocycles. The Morgan fingerprint density at radius 1 is 1.07 bits per heavy atom. The van der Waals surface area contributed by atoms with Crippen LogP contribution in [0, 0.1) is 0 Å². The van der Waals surface area contributed by atoms with Crippen molar-refractivity contribution in [3.63, 3.8) is 0 Å². The number of esters is 1. The first kappa shape index (κ1) is 21.1. The van der Waals surface area contributed by atoms with Gasteiger partial charge in [-0.2, -0.15) is 0 Å². The van der Waals surface area contributed by atoms with E-state index in [2.05, 4.69) is 17.3 Å². The fourth-order valence-electron chi connectivity index (χ4n) is 3.32. The van der Waals surface area contributed by atoms with Gasteiger partial charge in [-0.1, -0.05) is 41.9 Å². The lowest BCUT2D eigenvalue weighted by Crippen LogP contribution is -2.47. The van der Waals surface area contributed by atoms with E-state index in [1.807, 2.05) is 41.3 Å². The second kappa shape index (κ2) is 9.76. The van der Waals surface area contributed by atoms with Crippen LogP contribution >= 0.6 is 11.6 Å². The zero-order valence-corrected chi connectivity index (χ0v) is 17.5. The highest BCUT2D eigenvalue weighted by Gasteiger charge is 2.24. The third-order valence-electron chi connectivity index (χ3n) is 5.13. The lowest BCUT2D eigenvalue weighted by atomic mass is 10.1. The molecule has 0 spiro atoms. The predicted molar refractivity (Wildman–Crippen MR) is 114 cm³/mol. The SMILES string of the molecule is COC(=O)C(Nc1ccc(CC(=O)N2CCN(C)CC2)cc1)c1ccccc1Cl. The van der Waals surface area contributed by atoms with Gasteiger partial charge in [-0.05, 0) is 30.8 Å². The molecule has 0 aliphatic carbocycles. The number of likely N-dealkylation sites (N-methyl/N-ethyl adjacent to an activating group) is 1. The van der Waals surface area contributed by atoms with E-state index in [9.17, 15) is 9.59 Å². The Kier molecular flexibility index (Phi) is 7.12. The van der Waals surface area contributed by atoms with Gasteiger partial charge in [-0.3, -0.25) is 4.79 Å². The van der Waals surface area contributed by atoms with Crippen LogP contribution in [0.1, 0.15) is 17.2 Å². The maximum atomic E-state index is 12.5. The summed E-state index contributed by atoms with van der Waals surface area (Å²) in [5.74, 6) is -0.283. The molecule has 1 heterocycles. The second-order valence-electron chi connectivity index (χ2n) is 7.18. The van der Waals surface area contributed by atoms with E-state index < -0.39 is 12.0 Å². The van der Waals surface area contributed by atoms with E-state index in [0.717, 1.165) is 37.4 Å². The summed E-state index contributed by atoms with van der Waals surface area (Å²) in [6.07, 6.45) is 0.370. The molecule has 1 aliphatic heterocycles. The highest BCUT2D eigenvalue weighted by atomic mass is 35.5. The summed E-state index contributed by atoms with van der Waals surface area (Å²) in [6, 6.07) is 14.0. The molecule has 7 heteroatoms. The van der Waals surface area contributed by atoms with Crippen molar-refractivity contribution in [2.24, 2.45) is 0 Å². The topological polar surface area (TPSA) is 61.9 Å². The molecule has 1 amide bonds. The van der Waals surface area contributed by atoms with Crippen LogP contribution in [-0.4, -0.2) is 62.0 Å². The maximum Gasteiger partial charge on any atom is 0.333 e. The van der Waals surface area contributed by atoms with Gasteiger partial charge in [-0.15, -0.1) is 0 Å². The van der Waals surface area contributed by atoms with Crippen LogP contribution in [0.2, 0.25) is 5.02 Å². The fourth-order valence-corrected chi connectivity index (χ4v) is 3.56. The molecule has 1 fully saturated rings. The molecule has 0 bridgehead atoms. The number of methoxy groups -OCH3 is 1. The van der Waals surface area contributed by atoms with Crippen LogP contribution in [-0.2, 0) is 20.7 Å². The minimum absolute atomic E-state index is 0.141. The molecule has 2 aromatic rings. The number of anilines is 1. The standard InChI is InChI=1S/C22H26ClN3O3/c1-25-11-13-26(14-12-25)20(27)15-16-7-9-17(10-8-16)24-21(22(28)29-2)18-5-3-4-6-19(18)23/h3-10,21,24H,11-15H2,1-2H3. The summed E-state index contributed by atoms with van der Waals surface area (Å²) in [5, 5.41) is 3.67. The summed E-state index contributed by atoms with van der Waals surface area (Å²) in [5.41, 5.74) is 2.33. The van der Waals surface area contributed by atoms with Gasteiger partial charge in [0.15, 0.2) is 6.04 Å². The van der Waals surface area contributed by atoms with Crippen molar-refractivity contribution in [1.82, 2.24) is 9.80 Å². The number of ether oxygens (including phenoxy) is 1. The average Bonchev–Trinajstić information content (AvgIpc) is 2.73. The van der Waals surface area contributed by atoms with Crippen LogP contribution < -0.4 is 5.32 Å². The van der Waals surface area contributed by atoms with Gasteiger partial charge < -0.3 is 19.9 Å². The lowest BCUT2D eigenvalue weighted by molar-refractivity contribution is -0.141. The number of nitrogens with one attached hydrogen (secondary N) is 1. The zero-order valence-electron chi connectivity index (χ0n) is 16.7. The molecular formula is C22H26ClN3O3. The number of halogens is 1. The Labute approximate surface area is 176 Å². The molecule has 154 valence electrons. The normalized spacial score (nSPS) is 15.6. The molecule has 29 heavy (non-hydrogen) atoms. The Morgan fingerprint density at radius 3 is 2.34 bits per heavy atom. The number of benzene rings is 2. The molecule has 1 aliphatic rings. The van der Waals surface area contributed by atoms with E-state index >= 15 is 0 Å². The summed E-state index contributed by atoms with van der Waals surface area (Å²) in [7, 11) is 3.42. The quantitative estimate of drug-likeness (QED) is 0.735. The monoisotopic (exact) mass is 415 g/mol.